The highest BCUT2D eigenvalue weighted by Gasteiger charge is 2.19. The Labute approximate surface area is 135 Å². The predicted molar refractivity (Wildman–Crippen MR) is 84.8 cm³/mol. The zero-order valence-corrected chi connectivity index (χ0v) is 13.8. The number of carbonyl (C=O) groups excluding carboxylic acids is 1. The summed E-state index contributed by atoms with van der Waals surface area (Å²) < 4.78 is 34.8. The first-order valence-corrected chi connectivity index (χ1v) is 8.74. The zero-order valence-electron chi connectivity index (χ0n) is 13.0. The molecule has 2 aromatic rings. The molecule has 0 aliphatic carbocycles. The maximum absolute atomic E-state index is 12.3. The van der Waals surface area contributed by atoms with E-state index in [1.54, 1.807) is 32.2 Å². The second-order valence-electron chi connectivity index (χ2n) is 5.17. The van der Waals surface area contributed by atoms with Gasteiger partial charge in [-0.1, -0.05) is 18.2 Å². The summed E-state index contributed by atoms with van der Waals surface area (Å²) in [6, 6.07) is 10.9. The summed E-state index contributed by atoms with van der Waals surface area (Å²) in [6.45, 7) is 2.17. The van der Waals surface area contributed by atoms with Crippen molar-refractivity contribution >= 4 is 15.7 Å². The van der Waals surface area contributed by atoms with Crippen LogP contribution in [0, 0.1) is 0 Å². The molecule has 7 heteroatoms. The molecule has 0 bridgehead atoms. The van der Waals surface area contributed by atoms with Crippen LogP contribution in [0.4, 0.5) is 0 Å². The standard InChI is InChI=1S/C16H19NO5S/c1-12(10-21-2)17-16(18)15-9-8-13(22-15)11-23(19,20)14-6-4-3-5-7-14/h3-9,12H,10-11H2,1-2H3,(H,17,18). The minimum Gasteiger partial charge on any atom is -0.455 e. The van der Waals surface area contributed by atoms with Gasteiger partial charge in [0.05, 0.1) is 11.5 Å². The van der Waals surface area contributed by atoms with Crippen molar-refractivity contribution in [2.45, 2.75) is 23.6 Å². The average molecular weight is 337 g/mol. The largest absolute Gasteiger partial charge is 0.455 e. The van der Waals surface area contributed by atoms with Gasteiger partial charge in [0, 0.05) is 13.2 Å². The van der Waals surface area contributed by atoms with Crippen LogP contribution >= 0.6 is 0 Å². The Morgan fingerprint density at radius 1 is 1.22 bits per heavy atom. The van der Waals surface area contributed by atoms with Gasteiger partial charge in [-0.25, -0.2) is 8.42 Å². The fourth-order valence-corrected chi connectivity index (χ4v) is 3.33. The van der Waals surface area contributed by atoms with E-state index in [1.165, 1.54) is 24.3 Å². The van der Waals surface area contributed by atoms with Crippen LogP contribution in [0.15, 0.2) is 51.8 Å². The maximum atomic E-state index is 12.3. The third-order valence-electron chi connectivity index (χ3n) is 3.11. The summed E-state index contributed by atoms with van der Waals surface area (Å²) in [5.41, 5.74) is 0. The van der Waals surface area contributed by atoms with E-state index in [-0.39, 0.29) is 28.2 Å². The molecule has 1 aromatic carbocycles. The van der Waals surface area contributed by atoms with Gasteiger partial charge in [-0.2, -0.15) is 0 Å². The van der Waals surface area contributed by atoms with Crippen molar-refractivity contribution < 1.29 is 22.4 Å². The molecule has 6 nitrogen and oxygen atoms in total. The average Bonchev–Trinajstić information content (AvgIpc) is 2.96. The Morgan fingerprint density at radius 2 is 1.91 bits per heavy atom. The number of rotatable bonds is 7. The lowest BCUT2D eigenvalue weighted by Crippen LogP contribution is -2.35. The number of hydrogen-bond acceptors (Lipinski definition) is 5. The second-order valence-corrected chi connectivity index (χ2v) is 7.16. The molecule has 1 atom stereocenters. The van der Waals surface area contributed by atoms with Gasteiger partial charge in [0.25, 0.3) is 5.91 Å². The third kappa shape index (κ3) is 4.67. The summed E-state index contributed by atoms with van der Waals surface area (Å²) in [6.07, 6.45) is 0. The van der Waals surface area contributed by atoms with E-state index in [9.17, 15) is 13.2 Å². The molecular weight excluding hydrogens is 318 g/mol. The van der Waals surface area contributed by atoms with Crippen LogP contribution in [-0.2, 0) is 20.3 Å². The fraction of sp³-hybridized carbons (Fsp3) is 0.312. The molecule has 0 saturated carbocycles. The van der Waals surface area contributed by atoms with Crippen LogP contribution in [0.3, 0.4) is 0 Å². The summed E-state index contributed by atoms with van der Waals surface area (Å²) in [5, 5.41) is 2.70. The lowest BCUT2D eigenvalue weighted by atomic mass is 10.3. The fourth-order valence-electron chi connectivity index (χ4n) is 2.06. The number of amides is 1. The summed E-state index contributed by atoms with van der Waals surface area (Å²) in [4.78, 5) is 12.2. The smallest absolute Gasteiger partial charge is 0.287 e. The van der Waals surface area contributed by atoms with Crippen molar-refractivity contribution in [3.8, 4) is 0 Å². The lowest BCUT2D eigenvalue weighted by molar-refractivity contribution is 0.0876. The van der Waals surface area contributed by atoms with E-state index in [0.717, 1.165) is 0 Å². The number of ether oxygens (including phenoxy) is 1. The molecule has 0 saturated heterocycles. The predicted octanol–water partition coefficient (Wildman–Crippen LogP) is 2.02. The van der Waals surface area contributed by atoms with Crippen LogP contribution in [0.2, 0.25) is 0 Å². The maximum Gasteiger partial charge on any atom is 0.287 e. The number of hydrogen-bond donors (Lipinski definition) is 1. The SMILES string of the molecule is COCC(C)NC(=O)c1ccc(CS(=O)(=O)c2ccccc2)o1. The second kappa shape index (κ2) is 7.43. The Kier molecular flexibility index (Phi) is 5.57. The van der Waals surface area contributed by atoms with Crippen molar-refractivity contribution in [3.05, 3.63) is 54.0 Å². The summed E-state index contributed by atoms with van der Waals surface area (Å²) >= 11 is 0. The first-order valence-electron chi connectivity index (χ1n) is 7.08. The van der Waals surface area contributed by atoms with Crippen molar-refractivity contribution in [3.63, 3.8) is 0 Å². The minimum atomic E-state index is -3.50. The van der Waals surface area contributed by atoms with Gasteiger partial charge in [-0.05, 0) is 31.2 Å². The van der Waals surface area contributed by atoms with Crippen molar-refractivity contribution in [2.24, 2.45) is 0 Å². The Balaban J connectivity index is 2.06. The van der Waals surface area contributed by atoms with Crippen molar-refractivity contribution in [2.75, 3.05) is 13.7 Å². The molecule has 23 heavy (non-hydrogen) atoms. The molecule has 2 rings (SSSR count). The van der Waals surface area contributed by atoms with Gasteiger partial charge in [0.15, 0.2) is 15.6 Å². The van der Waals surface area contributed by atoms with Crippen molar-refractivity contribution in [1.82, 2.24) is 5.32 Å². The molecule has 124 valence electrons. The van der Waals surface area contributed by atoms with Crippen LogP contribution < -0.4 is 5.32 Å². The van der Waals surface area contributed by atoms with E-state index in [1.807, 2.05) is 0 Å². The van der Waals surface area contributed by atoms with Gasteiger partial charge in [0.2, 0.25) is 0 Å². The summed E-state index contributed by atoms with van der Waals surface area (Å²) in [5.74, 6) is -0.403. The molecule has 1 aromatic heterocycles. The molecule has 0 aliphatic rings. The molecule has 0 aliphatic heterocycles. The first kappa shape index (κ1) is 17.2. The third-order valence-corrected chi connectivity index (χ3v) is 4.77. The molecule has 1 N–H and O–H groups in total. The van der Waals surface area contributed by atoms with Gasteiger partial charge in [0.1, 0.15) is 11.5 Å². The van der Waals surface area contributed by atoms with E-state index in [4.69, 9.17) is 9.15 Å². The number of carbonyl (C=O) groups is 1. The number of sulfone groups is 1. The van der Waals surface area contributed by atoms with Crippen LogP contribution in [0.5, 0.6) is 0 Å². The molecule has 1 heterocycles. The van der Waals surface area contributed by atoms with Gasteiger partial charge in [-0.15, -0.1) is 0 Å². The summed E-state index contributed by atoms with van der Waals surface area (Å²) in [7, 11) is -1.96. The van der Waals surface area contributed by atoms with Gasteiger partial charge < -0.3 is 14.5 Å². The highest BCUT2D eigenvalue weighted by molar-refractivity contribution is 7.90. The van der Waals surface area contributed by atoms with Gasteiger partial charge in [-0.3, -0.25) is 4.79 Å². The highest BCUT2D eigenvalue weighted by Crippen LogP contribution is 2.18. The monoisotopic (exact) mass is 337 g/mol. The normalized spacial score (nSPS) is 12.8. The Hall–Kier alpha value is -2.12. The van der Waals surface area contributed by atoms with Crippen LogP contribution in [-0.4, -0.2) is 34.1 Å². The Morgan fingerprint density at radius 3 is 2.57 bits per heavy atom. The molecule has 1 unspecified atom stereocenters. The van der Waals surface area contributed by atoms with E-state index < -0.39 is 15.7 Å². The molecule has 0 spiro atoms. The topological polar surface area (TPSA) is 85.6 Å². The van der Waals surface area contributed by atoms with E-state index in [2.05, 4.69) is 5.32 Å². The number of nitrogens with one attached hydrogen (secondary N) is 1. The minimum absolute atomic E-state index is 0.0752. The Bertz CT molecular complexity index is 752. The zero-order chi connectivity index (χ0) is 16.9. The molecule has 1 amide bonds. The van der Waals surface area contributed by atoms with Gasteiger partial charge >= 0.3 is 0 Å². The lowest BCUT2D eigenvalue weighted by Gasteiger charge is -2.11. The first-order chi connectivity index (χ1) is 10.9. The number of furan rings is 1. The number of benzene rings is 1. The quantitative estimate of drug-likeness (QED) is 0.835. The highest BCUT2D eigenvalue weighted by atomic mass is 32.2. The number of methoxy groups -OCH3 is 1. The molecule has 0 radical (unpaired) electrons. The molecule has 0 fully saturated rings. The molecular formula is C16H19NO5S. The van der Waals surface area contributed by atoms with Crippen LogP contribution in [0.1, 0.15) is 23.2 Å². The van der Waals surface area contributed by atoms with Crippen molar-refractivity contribution in [1.29, 1.82) is 0 Å². The van der Waals surface area contributed by atoms with E-state index in [0.29, 0.717) is 6.61 Å². The van der Waals surface area contributed by atoms with Crippen LogP contribution in [0.25, 0.3) is 0 Å². The van der Waals surface area contributed by atoms with E-state index >= 15 is 0 Å².